The summed E-state index contributed by atoms with van der Waals surface area (Å²) in [5.41, 5.74) is 6.73. The molecule has 0 saturated carbocycles. The molecule has 0 unspecified atom stereocenters. The van der Waals surface area contributed by atoms with Crippen LogP contribution in [0.25, 0.3) is 32.7 Å². The van der Waals surface area contributed by atoms with Gasteiger partial charge in [0, 0.05) is 21.8 Å². The highest BCUT2D eigenvalue weighted by Gasteiger charge is 2.20. The summed E-state index contributed by atoms with van der Waals surface area (Å²) >= 11 is 0. The molecule has 0 aliphatic heterocycles. The van der Waals surface area contributed by atoms with Crippen molar-refractivity contribution >= 4 is 44.3 Å². The lowest BCUT2D eigenvalue weighted by atomic mass is 9.85. The van der Waals surface area contributed by atoms with Crippen molar-refractivity contribution in [2.75, 3.05) is 5.32 Å². The van der Waals surface area contributed by atoms with E-state index in [-0.39, 0.29) is 16.7 Å². The zero-order chi connectivity index (χ0) is 26.5. The maximum absolute atomic E-state index is 13.8. The fraction of sp³-hybridized carbons (Fsp3) is 0.324. The number of carbonyl (C=O) groups excluding carboxylic acids is 1. The second kappa shape index (κ2) is 9.06. The molecule has 5 aromatic rings. The van der Waals surface area contributed by atoms with Crippen LogP contribution in [0.3, 0.4) is 0 Å². The highest BCUT2D eigenvalue weighted by molar-refractivity contribution is 6.18. The van der Waals surface area contributed by atoms with Crippen LogP contribution in [-0.2, 0) is 12.8 Å². The molecule has 0 aliphatic rings. The number of benzene rings is 4. The van der Waals surface area contributed by atoms with Crippen molar-refractivity contribution < 1.29 is 9.21 Å². The third-order valence-corrected chi connectivity index (χ3v) is 6.66. The van der Waals surface area contributed by atoms with E-state index in [1.165, 1.54) is 11.1 Å². The van der Waals surface area contributed by atoms with Crippen LogP contribution in [0.2, 0.25) is 0 Å². The second-order valence-corrected chi connectivity index (χ2v) is 12.9. The molecule has 4 aromatic carbocycles. The van der Waals surface area contributed by atoms with E-state index in [2.05, 4.69) is 83.3 Å². The molecular weight excluding hydrogens is 454 g/mol. The van der Waals surface area contributed by atoms with Crippen LogP contribution in [-0.4, -0.2) is 5.91 Å². The lowest BCUT2D eigenvalue weighted by Crippen LogP contribution is -2.14. The van der Waals surface area contributed by atoms with Crippen LogP contribution in [0.4, 0.5) is 5.69 Å². The van der Waals surface area contributed by atoms with Crippen LogP contribution in [0.5, 0.6) is 0 Å². The molecule has 1 aromatic heterocycles. The van der Waals surface area contributed by atoms with E-state index >= 15 is 0 Å². The molecule has 1 N–H and O–H groups in total. The van der Waals surface area contributed by atoms with Gasteiger partial charge in [-0.2, -0.15) is 0 Å². The Hall–Kier alpha value is -3.59. The predicted octanol–water partition coefficient (Wildman–Crippen LogP) is 9.48. The minimum Gasteiger partial charge on any atom is -0.455 e. The molecule has 0 fully saturated rings. The highest BCUT2D eigenvalue weighted by atomic mass is 16.3. The first-order valence-electron chi connectivity index (χ1n) is 13.2. The number of hydrogen-bond donors (Lipinski definition) is 1. The van der Waals surface area contributed by atoms with E-state index in [1.807, 2.05) is 37.3 Å². The molecular formula is C34H37NO2. The van der Waals surface area contributed by atoms with Crippen molar-refractivity contribution in [2.45, 2.75) is 61.3 Å². The first-order chi connectivity index (χ1) is 17.4. The maximum Gasteiger partial charge on any atom is 0.259 e. The Kier molecular flexibility index (Phi) is 6.14. The first kappa shape index (κ1) is 25.1. The zero-order valence-corrected chi connectivity index (χ0v) is 23.1. The van der Waals surface area contributed by atoms with E-state index in [1.54, 1.807) is 0 Å². The fourth-order valence-corrected chi connectivity index (χ4v) is 5.35. The van der Waals surface area contributed by atoms with Crippen LogP contribution < -0.4 is 5.32 Å². The van der Waals surface area contributed by atoms with E-state index in [0.29, 0.717) is 11.1 Å². The van der Waals surface area contributed by atoms with Gasteiger partial charge >= 0.3 is 0 Å². The predicted molar refractivity (Wildman–Crippen MR) is 157 cm³/mol. The number of fused-ring (bicyclic) bond motifs is 4. The van der Waals surface area contributed by atoms with E-state index in [0.717, 1.165) is 51.2 Å². The van der Waals surface area contributed by atoms with Gasteiger partial charge in [0.15, 0.2) is 0 Å². The molecule has 5 rings (SSSR count). The molecule has 190 valence electrons. The number of hydrogen-bond acceptors (Lipinski definition) is 2. The van der Waals surface area contributed by atoms with Gasteiger partial charge < -0.3 is 9.73 Å². The van der Waals surface area contributed by atoms with E-state index in [4.69, 9.17) is 4.42 Å². The molecule has 0 saturated heterocycles. The summed E-state index contributed by atoms with van der Waals surface area (Å²) in [6.07, 6.45) is 1.93. The number of amides is 1. The molecule has 0 bridgehead atoms. The lowest BCUT2D eigenvalue weighted by molar-refractivity contribution is 0.102. The summed E-state index contributed by atoms with van der Waals surface area (Å²) < 4.78 is 6.18. The van der Waals surface area contributed by atoms with Crippen LogP contribution in [0.1, 0.15) is 68.6 Å². The Balaban J connectivity index is 1.61. The quantitative estimate of drug-likeness (QED) is 0.272. The standard InChI is InChI=1S/C34H37NO2/c1-21-14-27-26-10-8-9-11-30(26)37-31(27)28(15-21)32(36)35-29-18-23(20-34(5,6)7)17-24-16-22(12-13-25(24)29)19-33(2,3)4/h8-18H,19-20H2,1-7H3,(H,35,36). The van der Waals surface area contributed by atoms with Gasteiger partial charge in [-0.15, -0.1) is 0 Å². The largest absolute Gasteiger partial charge is 0.455 e. The van der Waals surface area contributed by atoms with Gasteiger partial charge in [-0.1, -0.05) is 84.0 Å². The third-order valence-electron chi connectivity index (χ3n) is 6.66. The average molecular weight is 492 g/mol. The monoisotopic (exact) mass is 491 g/mol. The van der Waals surface area contributed by atoms with Gasteiger partial charge in [0.25, 0.3) is 5.91 Å². The Morgan fingerprint density at radius 2 is 1.43 bits per heavy atom. The summed E-state index contributed by atoms with van der Waals surface area (Å²) in [6.45, 7) is 15.6. The van der Waals surface area contributed by atoms with Crippen LogP contribution >= 0.6 is 0 Å². The van der Waals surface area contributed by atoms with Gasteiger partial charge in [0.05, 0.1) is 5.56 Å². The number of aryl methyl sites for hydroxylation is 1. The van der Waals surface area contributed by atoms with Gasteiger partial charge in [-0.25, -0.2) is 0 Å². The normalized spacial score (nSPS) is 12.5. The highest BCUT2D eigenvalue weighted by Crippen LogP contribution is 2.35. The number of carbonyl (C=O) groups is 1. The molecule has 1 heterocycles. The summed E-state index contributed by atoms with van der Waals surface area (Å²) in [6, 6.07) is 23.0. The Labute approximate surface area is 219 Å². The topological polar surface area (TPSA) is 42.2 Å². The fourth-order valence-electron chi connectivity index (χ4n) is 5.35. The SMILES string of the molecule is Cc1cc(C(=O)Nc2cc(CC(C)(C)C)cc3cc(CC(C)(C)C)ccc23)c2oc3ccccc3c2c1. The summed E-state index contributed by atoms with van der Waals surface area (Å²) in [4.78, 5) is 13.8. The molecule has 1 amide bonds. The lowest BCUT2D eigenvalue weighted by Gasteiger charge is -2.21. The molecule has 0 radical (unpaired) electrons. The average Bonchev–Trinajstić information content (AvgIpc) is 3.14. The molecule has 0 spiro atoms. The van der Waals surface area contributed by atoms with Crippen molar-refractivity contribution in [3.63, 3.8) is 0 Å². The molecule has 3 heteroatoms. The summed E-state index contributed by atoms with van der Waals surface area (Å²) in [5, 5.41) is 7.47. The Morgan fingerprint density at radius 3 is 2.16 bits per heavy atom. The van der Waals surface area contributed by atoms with E-state index < -0.39 is 0 Å². The number of rotatable bonds is 4. The number of para-hydroxylation sites is 1. The number of furan rings is 1. The van der Waals surface area contributed by atoms with Crippen molar-refractivity contribution in [1.29, 1.82) is 0 Å². The summed E-state index contributed by atoms with van der Waals surface area (Å²) in [7, 11) is 0. The number of anilines is 1. The Bertz CT molecular complexity index is 1640. The molecule has 0 atom stereocenters. The van der Waals surface area contributed by atoms with Gasteiger partial charge in [-0.3, -0.25) is 4.79 Å². The maximum atomic E-state index is 13.8. The van der Waals surface area contributed by atoms with Crippen molar-refractivity contribution in [2.24, 2.45) is 10.8 Å². The van der Waals surface area contributed by atoms with Crippen molar-refractivity contribution in [3.05, 3.63) is 89.0 Å². The molecule has 3 nitrogen and oxygen atoms in total. The van der Waals surface area contributed by atoms with Gasteiger partial charge in [-0.05, 0) is 76.9 Å². The van der Waals surface area contributed by atoms with Gasteiger partial charge in [0.2, 0.25) is 0 Å². The zero-order valence-electron chi connectivity index (χ0n) is 23.1. The van der Waals surface area contributed by atoms with E-state index in [9.17, 15) is 4.79 Å². The minimum atomic E-state index is -0.152. The molecule has 37 heavy (non-hydrogen) atoms. The van der Waals surface area contributed by atoms with Crippen molar-refractivity contribution in [1.82, 2.24) is 0 Å². The second-order valence-electron chi connectivity index (χ2n) is 12.9. The third kappa shape index (κ3) is 5.41. The van der Waals surface area contributed by atoms with Crippen LogP contribution in [0.15, 0.2) is 71.1 Å². The summed E-state index contributed by atoms with van der Waals surface area (Å²) in [5.74, 6) is -0.152. The first-order valence-corrected chi connectivity index (χ1v) is 13.2. The smallest absolute Gasteiger partial charge is 0.259 e. The van der Waals surface area contributed by atoms with Crippen LogP contribution in [0, 0.1) is 17.8 Å². The van der Waals surface area contributed by atoms with Crippen molar-refractivity contribution in [3.8, 4) is 0 Å². The Morgan fingerprint density at radius 1 is 0.757 bits per heavy atom. The molecule has 0 aliphatic carbocycles. The number of nitrogens with one attached hydrogen (secondary N) is 1. The van der Waals surface area contributed by atoms with Gasteiger partial charge in [0.1, 0.15) is 11.2 Å². The minimum absolute atomic E-state index is 0.134.